The summed E-state index contributed by atoms with van der Waals surface area (Å²) in [5.74, 6) is -1.47. The maximum atomic E-state index is 12.0. The van der Waals surface area contributed by atoms with E-state index in [1.165, 1.54) is 6.07 Å². The Labute approximate surface area is 151 Å². The largest absolute Gasteiger partial charge is 0.483 e. The number of carbonyl (C=O) groups excluding carboxylic acids is 1. The zero-order chi connectivity index (χ0) is 19.4. The van der Waals surface area contributed by atoms with Gasteiger partial charge in [-0.15, -0.1) is 0 Å². The lowest BCUT2D eigenvalue weighted by Gasteiger charge is -2.18. The van der Waals surface area contributed by atoms with Gasteiger partial charge in [0, 0.05) is 17.0 Å². The molecule has 1 atom stereocenters. The number of hydrogen-bond acceptors (Lipinski definition) is 5. The number of carbonyl (C=O) groups is 2. The van der Waals surface area contributed by atoms with Gasteiger partial charge in [0.1, 0.15) is 17.4 Å². The van der Waals surface area contributed by atoms with Crippen molar-refractivity contribution in [2.24, 2.45) is 5.92 Å². The summed E-state index contributed by atoms with van der Waals surface area (Å²) in [6.07, 6.45) is 0.690. The molecule has 2 N–H and O–H groups in total. The minimum absolute atomic E-state index is 0.249. The summed E-state index contributed by atoms with van der Waals surface area (Å²) in [6, 6.07) is 3.98. The molecule has 7 nitrogen and oxygen atoms in total. The number of rotatable bonds is 7. The lowest BCUT2D eigenvalue weighted by Crippen LogP contribution is -2.46. The van der Waals surface area contributed by atoms with Crippen molar-refractivity contribution in [1.82, 2.24) is 5.32 Å². The summed E-state index contributed by atoms with van der Waals surface area (Å²) in [4.78, 5) is 34.9. The Bertz CT molecular complexity index is 883. The number of hydrogen-bond donors (Lipinski definition) is 2. The average Bonchev–Trinajstić information content (AvgIpc) is 2.58. The molecule has 140 valence electrons. The number of ether oxygens (including phenoxy) is 1. The Morgan fingerprint density at radius 2 is 2.00 bits per heavy atom. The van der Waals surface area contributed by atoms with Crippen molar-refractivity contribution in [3.8, 4) is 5.75 Å². The maximum absolute atomic E-state index is 12.0. The van der Waals surface area contributed by atoms with Gasteiger partial charge >= 0.3 is 11.6 Å². The van der Waals surface area contributed by atoms with Crippen LogP contribution in [0.4, 0.5) is 0 Å². The summed E-state index contributed by atoms with van der Waals surface area (Å²) in [5, 5.41) is 12.4. The molecule has 1 aromatic carbocycles. The van der Waals surface area contributed by atoms with E-state index in [-0.39, 0.29) is 12.5 Å². The third kappa shape index (κ3) is 4.22. The molecule has 7 heteroatoms. The number of nitrogens with one attached hydrogen (secondary N) is 1. The highest BCUT2D eigenvalue weighted by atomic mass is 16.5. The van der Waals surface area contributed by atoms with E-state index in [2.05, 4.69) is 5.32 Å². The van der Waals surface area contributed by atoms with Crippen molar-refractivity contribution >= 4 is 22.8 Å². The lowest BCUT2D eigenvalue weighted by molar-refractivity contribution is -0.143. The predicted octanol–water partition coefficient (Wildman–Crippen LogP) is 2.27. The minimum Gasteiger partial charge on any atom is -0.483 e. The molecule has 1 heterocycles. The molecule has 0 aliphatic rings. The number of fused-ring (bicyclic) bond motifs is 1. The third-order valence-corrected chi connectivity index (χ3v) is 4.19. The second-order valence-electron chi connectivity index (χ2n) is 6.43. The number of aryl methyl sites for hydroxylation is 2. The Kier molecular flexibility index (Phi) is 6.02. The van der Waals surface area contributed by atoms with Crippen LogP contribution in [-0.4, -0.2) is 29.6 Å². The van der Waals surface area contributed by atoms with Crippen LogP contribution in [0.2, 0.25) is 0 Å². The lowest BCUT2D eigenvalue weighted by atomic mass is 10.0. The first-order chi connectivity index (χ1) is 12.2. The molecule has 0 aliphatic carbocycles. The molecule has 26 heavy (non-hydrogen) atoms. The summed E-state index contributed by atoms with van der Waals surface area (Å²) >= 11 is 0. The minimum atomic E-state index is -1.09. The van der Waals surface area contributed by atoms with Gasteiger partial charge in [0.2, 0.25) is 0 Å². The molecule has 0 saturated carbocycles. The van der Waals surface area contributed by atoms with Gasteiger partial charge in [-0.1, -0.05) is 20.8 Å². The molecule has 1 amide bonds. The molecule has 0 fully saturated rings. The van der Waals surface area contributed by atoms with Crippen LogP contribution in [-0.2, 0) is 16.0 Å². The van der Waals surface area contributed by atoms with Crippen molar-refractivity contribution in [2.45, 2.75) is 40.2 Å². The zero-order valence-electron chi connectivity index (χ0n) is 15.3. The van der Waals surface area contributed by atoms with Crippen LogP contribution in [0, 0.1) is 12.8 Å². The summed E-state index contributed by atoms with van der Waals surface area (Å²) in [5.41, 5.74) is 1.48. The molecule has 0 unspecified atom stereocenters. The first-order valence-electron chi connectivity index (χ1n) is 8.45. The molecule has 2 aromatic rings. The highest BCUT2D eigenvalue weighted by molar-refractivity contribution is 5.86. The molecule has 0 radical (unpaired) electrons. The quantitative estimate of drug-likeness (QED) is 0.733. The first-order valence-corrected chi connectivity index (χ1v) is 8.45. The summed E-state index contributed by atoms with van der Waals surface area (Å²) in [6.45, 7) is 6.78. The van der Waals surface area contributed by atoms with Gasteiger partial charge < -0.3 is 19.6 Å². The SMILES string of the molecule is CCc1cc(=O)oc2c(C)c(OCC(=O)N[C@@H](C(=O)O)C(C)C)ccc12. The van der Waals surface area contributed by atoms with Crippen LogP contribution in [0.15, 0.2) is 27.4 Å². The van der Waals surface area contributed by atoms with Crippen LogP contribution in [0.25, 0.3) is 11.0 Å². The molecule has 0 saturated heterocycles. The molecule has 1 aromatic heterocycles. The third-order valence-electron chi connectivity index (χ3n) is 4.19. The summed E-state index contributed by atoms with van der Waals surface area (Å²) < 4.78 is 10.8. The summed E-state index contributed by atoms with van der Waals surface area (Å²) in [7, 11) is 0. The topological polar surface area (TPSA) is 106 Å². The Hall–Kier alpha value is -2.83. The highest BCUT2D eigenvalue weighted by Gasteiger charge is 2.23. The zero-order valence-corrected chi connectivity index (χ0v) is 15.3. The van der Waals surface area contributed by atoms with E-state index in [0.29, 0.717) is 23.3 Å². The monoisotopic (exact) mass is 361 g/mol. The predicted molar refractivity (Wildman–Crippen MR) is 96.5 cm³/mol. The number of carboxylic acid groups (broad SMARTS) is 1. The van der Waals surface area contributed by atoms with Crippen molar-refractivity contribution in [2.75, 3.05) is 6.61 Å². The van der Waals surface area contributed by atoms with Gasteiger partial charge in [0.25, 0.3) is 5.91 Å². The maximum Gasteiger partial charge on any atom is 0.336 e. The van der Waals surface area contributed by atoms with Crippen molar-refractivity contribution in [3.05, 3.63) is 39.7 Å². The second-order valence-corrected chi connectivity index (χ2v) is 6.43. The van der Waals surface area contributed by atoms with Crippen molar-refractivity contribution in [1.29, 1.82) is 0 Å². The van der Waals surface area contributed by atoms with Gasteiger partial charge in [0.05, 0.1) is 0 Å². The number of carboxylic acids is 1. The Balaban J connectivity index is 2.19. The van der Waals surface area contributed by atoms with Crippen LogP contribution >= 0.6 is 0 Å². The van der Waals surface area contributed by atoms with Crippen LogP contribution in [0.3, 0.4) is 0 Å². The number of amides is 1. The Morgan fingerprint density at radius 3 is 2.58 bits per heavy atom. The van der Waals surface area contributed by atoms with Crippen LogP contribution in [0.1, 0.15) is 31.9 Å². The smallest absolute Gasteiger partial charge is 0.336 e. The van der Waals surface area contributed by atoms with E-state index in [9.17, 15) is 14.4 Å². The van der Waals surface area contributed by atoms with E-state index in [1.807, 2.05) is 6.92 Å². The van der Waals surface area contributed by atoms with Gasteiger partial charge in [0.15, 0.2) is 6.61 Å². The molecular weight excluding hydrogens is 338 g/mol. The van der Waals surface area contributed by atoms with Gasteiger partial charge in [-0.2, -0.15) is 0 Å². The van der Waals surface area contributed by atoms with Crippen LogP contribution in [0.5, 0.6) is 5.75 Å². The van der Waals surface area contributed by atoms with E-state index in [0.717, 1.165) is 10.9 Å². The van der Waals surface area contributed by atoms with Crippen molar-refractivity contribution in [3.63, 3.8) is 0 Å². The van der Waals surface area contributed by atoms with Crippen molar-refractivity contribution < 1.29 is 23.8 Å². The van der Waals surface area contributed by atoms with Gasteiger partial charge in [-0.05, 0) is 37.0 Å². The molecule has 0 bridgehead atoms. The first kappa shape index (κ1) is 19.5. The molecule has 0 spiro atoms. The molecule has 0 aliphatic heterocycles. The fraction of sp³-hybridized carbons (Fsp3) is 0.421. The molecule has 2 rings (SSSR count). The van der Waals surface area contributed by atoms with Gasteiger partial charge in [-0.25, -0.2) is 9.59 Å². The van der Waals surface area contributed by atoms with E-state index < -0.39 is 23.5 Å². The van der Waals surface area contributed by atoms with E-state index in [4.69, 9.17) is 14.3 Å². The normalized spacial score (nSPS) is 12.2. The number of aliphatic carboxylic acids is 1. The highest BCUT2D eigenvalue weighted by Crippen LogP contribution is 2.28. The standard InChI is InChI=1S/C19H23NO6/c1-5-12-8-16(22)26-18-11(4)14(7-6-13(12)18)25-9-15(21)20-17(10(2)3)19(23)24/h6-8,10,17H,5,9H2,1-4H3,(H,20,21)(H,23,24)/t17-/m1/s1. The number of benzene rings is 1. The average molecular weight is 361 g/mol. The van der Waals surface area contributed by atoms with E-state index in [1.54, 1.807) is 32.9 Å². The second kappa shape index (κ2) is 8.03. The fourth-order valence-electron chi connectivity index (χ4n) is 2.73. The molecular formula is C19H23NO6. The van der Waals surface area contributed by atoms with Gasteiger partial charge in [-0.3, -0.25) is 4.79 Å². The Morgan fingerprint density at radius 1 is 1.31 bits per heavy atom. The fourth-order valence-corrected chi connectivity index (χ4v) is 2.73. The van der Waals surface area contributed by atoms with E-state index >= 15 is 0 Å². The van der Waals surface area contributed by atoms with Crippen LogP contribution < -0.4 is 15.7 Å².